The predicted molar refractivity (Wildman–Crippen MR) is 53.9 cm³/mol. The minimum atomic E-state index is -1.37. The van der Waals surface area contributed by atoms with Crippen molar-refractivity contribution in [3.8, 4) is 0 Å². The summed E-state index contributed by atoms with van der Waals surface area (Å²) in [5.74, 6) is -0.271. The Morgan fingerprint density at radius 3 is 2.86 bits per heavy atom. The van der Waals surface area contributed by atoms with Crippen LogP contribution in [0, 0.1) is 0 Å². The summed E-state index contributed by atoms with van der Waals surface area (Å²) in [6.07, 6.45) is 8.53. The van der Waals surface area contributed by atoms with E-state index in [2.05, 4.69) is 0 Å². The molecule has 1 rings (SSSR count). The predicted octanol–water partition coefficient (Wildman–Crippen LogP) is 1.23. The fourth-order valence-electron chi connectivity index (χ4n) is 1.05. The Hall–Kier alpha value is -0.930. The number of Topliss-reactive ketones (excluding diaryl/α,β-unsaturated/α-hetero) is 1. The molecule has 14 heavy (non-hydrogen) atoms. The van der Waals surface area contributed by atoms with Crippen LogP contribution in [0.4, 0.5) is 0 Å². The van der Waals surface area contributed by atoms with Gasteiger partial charge in [-0.3, -0.25) is 4.79 Å². The third-order valence-corrected chi connectivity index (χ3v) is 2.28. The zero-order chi connectivity index (χ0) is 10.6. The third-order valence-electron chi connectivity index (χ3n) is 2.28. The molecule has 0 aliphatic heterocycles. The molecule has 0 aromatic rings. The van der Waals surface area contributed by atoms with Crippen LogP contribution in [-0.2, 0) is 9.53 Å². The minimum Gasteiger partial charge on any atom is -0.380 e. The lowest BCUT2D eigenvalue weighted by Gasteiger charge is -2.23. The molecule has 1 aliphatic rings. The van der Waals surface area contributed by atoms with Gasteiger partial charge in [0.05, 0.1) is 12.7 Å². The average molecular weight is 196 g/mol. The smallest absolute Gasteiger partial charge is 0.163 e. The molecule has 0 fully saturated rings. The summed E-state index contributed by atoms with van der Waals surface area (Å²) in [4.78, 5) is 11.0. The van der Waals surface area contributed by atoms with Crippen molar-refractivity contribution in [1.82, 2.24) is 0 Å². The second-order valence-corrected chi connectivity index (χ2v) is 3.73. The Morgan fingerprint density at radius 2 is 2.36 bits per heavy atom. The van der Waals surface area contributed by atoms with Gasteiger partial charge >= 0.3 is 0 Å². The Morgan fingerprint density at radius 1 is 1.64 bits per heavy atom. The van der Waals surface area contributed by atoms with Crippen LogP contribution in [0.5, 0.6) is 0 Å². The van der Waals surface area contributed by atoms with E-state index in [4.69, 9.17) is 4.74 Å². The summed E-state index contributed by atoms with van der Waals surface area (Å²) >= 11 is 0. The quantitative estimate of drug-likeness (QED) is 0.735. The van der Waals surface area contributed by atoms with Gasteiger partial charge in [-0.1, -0.05) is 24.3 Å². The maximum atomic E-state index is 11.0. The molecule has 0 saturated carbocycles. The van der Waals surface area contributed by atoms with Crippen LogP contribution < -0.4 is 0 Å². The van der Waals surface area contributed by atoms with E-state index in [0.29, 0.717) is 0 Å². The van der Waals surface area contributed by atoms with Gasteiger partial charge in [-0.05, 0) is 20.3 Å². The highest BCUT2D eigenvalue weighted by Crippen LogP contribution is 2.12. The first-order valence-corrected chi connectivity index (χ1v) is 4.71. The molecule has 3 heteroatoms. The number of rotatable bonds is 4. The van der Waals surface area contributed by atoms with Crippen molar-refractivity contribution >= 4 is 5.78 Å². The van der Waals surface area contributed by atoms with E-state index in [1.807, 2.05) is 24.3 Å². The van der Waals surface area contributed by atoms with Crippen molar-refractivity contribution in [2.45, 2.75) is 32.0 Å². The van der Waals surface area contributed by atoms with Crippen molar-refractivity contribution in [3.05, 3.63) is 24.3 Å². The van der Waals surface area contributed by atoms with Gasteiger partial charge in [0.1, 0.15) is 5.60 Å². The average Bonchev–Trinajstić information content (AvgIpc) is 2.16. The van der Waals surface area contributed by atoms with Gasteiger partial charge in [-0.25, -0.2) is 0 Å². The molecule has 3 nitrogen and oxygen atoms in total. The van der Waals surface area contributed by atoms with E-state index in [9.17, 15) is 9.90 Å². The molecule has 0 saturated heterocycles. The van der Waals surface area contributed by atoms with Crippen molar-refractivity contribution in [2.75, 3.05) is 6.61 Å². The summed E-state index contributed by atoms with van der Waals surface area (Å²) in [7, 11) is 0. The number of aliphatic hydroxyl groups is 1. The highest BCUT2D eigenvalue weighted by atomic mass is 16.5. The van der Waals surface area contributed by atoms with E-state index in [0.717, 1.165) is 6.42 Å². The molecular formula is C11H16O3. The third kappa shape index (κ3) is 3.09. The standard InChI is InChI=1S/C11H16O3/c1-9(12)11(2,13)8-14-10-6-4-3-5-7-10/h3-6,10,13H,7-8H2,1-2H3. The minimum absolute atomic E-state index is 0.0224. The zero-order valence-electron chi connectivity index (χ0n) is 8.56. The number of ketones is 1. The second-order valence-electron chi connectivity index (χ2n) is 3.73. The van der Waals surface area contributed by atoms with Crippen molar-refractivity contribution in [3.63, 3.8) is 0 Å². The fourth-order valence-corrected chi connectivity index (χ4v) is 1.05. The van der Waals surface area contributed by atoms with Crippen LogP contribution in [0.3, 0.4) is 0 Å². The number of ether oxygens (including phenoxy) is 1. The zero-order valence-corrected chi connectivity index (χ0v) is 8.56. The van der Waals surface area contributed by atoms with Crippen molar-refractivity contribution < 1.29 is 14.6 Å². The summed E-state index contributed by atoms with van der Waals surface area (Å²) in [5.41, 5.74) is -1.37. The molecular weight excluding hydrogens is 180 g/mol. The molecule has 0 heterocycles. The Balaban J connectivity index is 2.36. The SMILES string of the molecule is CC(=O)C(C)(O)COC1C=CC=CC1. The van der Waals surface area contributed by atoms with Gasteiger partial charge in [-0.2, -0.15) is 0 Å². The van der Waals surface area contributed by atoms with Gasteiger partial charge in [0.25, 0.3) is 0 Å². The molecule has 0 radical (unpaired) electrons. The summed E-state index contributed by atoms with van der Waals surface area (Å²) < 4.78 is 5.40. The normalized spacial score (nSPS) is 24.6. The molecule has 0 bridgehead atoms. The Bertz CT molecular complexity index is 264. The molecule has 2 atom stereocenters. The number of carbonyl (C=O) groups excluding carboxylic acids is 1. The summed E-state index contributed by atoms with van der Waals surface area (Å²) in [5, 5.41) is 9.61. The fraction of sp³-hybridized carbons (Fsp3) is 0.545. The molecule has 0 aromatic carbocycles. The van der Waals surface area contributed by atoms with E-state index in [1.165, 1.54) is 13.8 Å². The molecule has 2 unspecified atom stereocenters. The van der Waals surface area contributed by atoms with E-state index < -0.39 is 5.60 Å². The number of hydrogen-bond acceptors (Lipinski definition) is 3. The largest absolute Gasteiger partial charge is 0.380 e. The van der Waals surface area contributed by atoms with Crippen LogP contribution >= 0.6 is 0 Å². The van der Waals surface area contributed by atoms with E-state index in [1.54, 1.807) is 0 Å². The Labute approximate surface area is 84.1 Å². The molecule has 0 aromatic heterocycles. The monoisotopic (exact) mass is 196 g/mol. The van der Waals surface area contributed by atoms with Crippen LogP contribution in [0.1, 0.15) is 20.3 Å². The topological polar surface area (TPSA) is 46.5 Å². The first-order chi connectivity index (χ1) is 6.52. The van der Waals surface area contributed by atoms with Gasteiger partial charge in [-0.15, -0.1) is 0 Å². The number of carbonyl (C=O) groups is 1. The van der Waals surface area contributed by atoms with E-state index in [-0.39, 0.29) is 18.5 Å². The van der Waals surface area contributed by atoms with Crippen LogP contribution in [0.2, 0.25) is 0 Å². The van der Waals surface area contributed by atoms with Crippen LogP contribution in [0.25, 0.3) is 0 Å². The molecule has 1 aliphatic carbocycles. The van der Waals surface area contributed by atoms with Crippen molar-refractivity contribution in [1.29, 1.82) is 0 Å². The van der Waals surface area contributed by atoms with Crippen LogP contribution in [0.15, 0.2) is 24.3 Å². The lowest BCUT2D eigenvalue weighted by Crippen LogP contribution is -2.39. The lowest BCUT2D eigenvalue weighted by atomic mass is 10.0. The first-order valence-electron chi connectivity index (χ1n) is 4.71. The van der Waals surface area contributed by atoms with Gasteiger partial charge in [0.15, 0.2) is 5.78 Å². The second kappa shape index (κ2) is 4.53. The van der Waals surface area contributed by atoms with Crippen molar-refractivity contribution in [2.24, 2.45) is 0 Å². The maximum Gasteiger partial charge on any atom is 0.163 e. The Kier molecular flexibility index (Phi) is 3.61. The van der Waals surface area contributed by atoms with Gasteiger partial charge < -0.3 is 9.84 Å². The van der Waals surface area contributed by atoms with Gasteiger partial charge in [0, 0.05) is 0 Å². The molecule has 0 spiro atoms. The number of allylic oxidation sites excluding steroid dienone is 2. The molecule has 78 valence electrons. The summed E-state index contributed by atoms with van der Waals surface area (Å²) in [6.45, 7) is 2.88. The van der Waals surface area contributed by atoms with E-state index >= 15 is 0 Å². The highest BCUT2D eigenvalue weighted by Gasteiger charge is 2.27. The van der Waals surface area contributed by atoms with Crippen LogP contribution in [-0.4, -0.2) is 29.2 Å². The first kappa shape index (κ1) is 11.1. The number of hydrogen-bond donors (Lipinski definition) is 1. The maximum absolute atomic E-state index is 11.0. The molecule has 0 amide bonds. The summed E-state index contributed by atoms with van der Waals surface area (Å²) in [6, 6.07) is 0. The lowest BCUT2D eigenvalue weighted by molar-refractivity contribution is -0.140. The van der Waals surface area contributed by atoms with Gasteiger partial charge in [0.2, 0.25) is 0 Å². The highest BCUT2D eigenvalue weighted by molar-refractivity contribution is 5.84. The molecule has 1 N–H and O–H groups in total.